The van der Waals surface area contributed by atoms with Crippen LogP contribution in [0.2, 0.25) is 0 Å². The molecule has 1 aliphatic carbocycles. The van der Waals surface area contributed by atoms with Crippen LogP contribution in [0.15, 0.2) is 33.9 Å². The molecule has 0 radical (unpaired) electrons. The molecule has 0 aromatic heterocycles. The van der Waals surface area contributed by atoms with Crippen LogP contribution in [0.3, 0.4) is 0 Å². The fourth-order valence-electron chi connectivity index (χ4n) is 3.06. The molecule has 114 valence electrons. The van der Waals surface area contributed by atoms with Crippen molar-refractivity contribution >= 4 is 11.9 Å². The second-order valence-electron chi connectivity index (χ2n) is 6.16. The molecule has 1 unspecified atom stereocenters. The van der Waals surface area contributed by atoms with Gasteiger partial charge in [0.2, 0.25) is 0 Å². The number of nitrogens with two attached hydrogens (primary N) is 1. The third-order valence-electron chi connectivity index (χ3n) is 4.49. The molecular weight excluding hydrogens is 280 g/mol. The molecule has 0 amide bonds. The van der Waals surface area contributed by atoms with Crippen molar-refractivity contribution < 1.29 is 0 Å². The lowest BCUT2D eigenvalue weighted by molar-refractivity contribution is 0.314. The molecule has 1 heterocycles. The summed E-state index contributed by atoms with van der Waals surface area (Å²) in [6.07, 6.45) is 4.93. The summed E-state index contributed by atoms with van der Waals surface area (Å²) in [5, 5.41) is 7.82. The lowest BCUT2D eigenvalue weighted by Crippen LogP contribution is -2.31. The van der Waals surface area contributed by atoms with Crippen LogP contribution in [-0.4, -0.2) is 18.3 Å². The molecule has 0 spiro atoms. The van der Waals surface area contributed by atoms with Gasteiger partial charge in [0, 0.05) is 18.3 Å². The summed E-state index contributed by atoms with van der Waals surface area (Å²) >= 11 is 1.55. The third kappa shape index (κ3) is 4.28. The van der Waals surface area contributed by atoms with E-state index in [4.69, 9.17) is 5.73 Å². The van der Waals surface area contributed by atoms with Crippen LogP contribution >= 0.6 is 11.9 Å². The fourth-order valence-corrected chi connectivity index (χ4v) is 3.71. The van der Waals surface area contributed by atoms with Gasteiger partial charge in [-0.2, -0.15) is 5.11 Å². The standard InChI is InChI=1S/C16H24N4S/c17-15-7-3-13(4-8-15)10-18-9-12-1-5-14(6-2-12)16-11-21-20-19-16/h1-2,5-6,13,15-16,18H,3-4,7-11,17H2. The first-order valence-corrected chi connectivity index (χ1v) is 8.83. The maximum absolute atomic E-state index is 5.95. The van der Waals surface area contributed by atoms with Crippen LogP contribution in [0.1, 0.15) is 42.9 Å². The van der Waals surface area contributed by atoms with Crippen molar-refractivity contribution in [2.24, 2.45) is 21.3 Å². The number of benzene rings is 1. The Morgan fingerprint density at radius 2 is 1.90 bits per heavy atom. The quantitative estimate of drug-likeness (QED) is 0.819. The fraction of sp³-hybridized carbons (Fsp3) is 0.625. The second kappa shape index (κ2) is 7.38. The van der Waals surface area contributed by atoms with E-state index < -0.39 is 0 Å². The van der Waals surface area contributed by atoms with Gasteiger partial charge in [0.1, 0.15) is 6.04 Å². The minimum atomic E-state index is 0.253. The van der Waals surface area contributed by atoms with E-state index >= 15 is 0 Å². The number of hydrogen-bond acceptors (Lipinski definition) is 5. The zero-order chi connectivity index (χ0) is 14.5. The van der Waals surface area contributed by atoms with E-state index in [1.807, 2.05) is 0 Å². The van der Waals surface area contributed by atoms with Crippen LogP contribution in [0.4, 0.5) is 0 Å². The van der Waals surface area contributed by atoms with Crippen molar-refractivity contribution in [3.63, 3.8) is 0 Å². The van der Waals surface area contributed by atoms with Crippen molar-refractivity contribution in [3.05, 3.63) is 35.4 Å². The molecule has 3 rings (SSSR count). The first kappa shape index (κ1) is 15.0. The smallest absolute Gasteiger partial charge is 0.108 e. The van der Waals surface area contributed by atoms with Crippen LogP contribution < -0.4 is 11.1 Å². The Balaban J connectivity index is 1.42. The van der Waals surface area contributed by atoms with Gasteiger partial charge in [-0.25, -0.2) is 0 Å². The van der Waals surface area contributed by atoms with Gasteiger partial charge in [-0.05, 0) is 61.2 Å². The molecule has 4 nitrogen and oxygen atoms in total. The first-order valence-electron chi connectivity index (χ1n) is 7.88. The second-order valence-corrected chi connectivity index (χ2v) is 6.92. The normalized spacial score (nSPS) is 28.9. The van der Waals surface area contributed by atoms with E-state index in [9.17, 15) is 0 Å². The molecule has 21 heavy (non-hydrogen) atoms. The molecule has 1 aromatic rings. The molecule has 2 aliphatic rings. The highest BCUT2D eigenvalue weighted by atomic mass is 32.2. The SMILES string of the molecule is NC1CCC(CNCc2ccc(C3CSN=N3)cc2)CC1. The predicted octanol–water partition coefficient (Wildman–Crippen LogP) is 3.45. The number of rotatable bonds is 5. The lowest BCUT2D eigenvalue weighted by Gasteiger charge is -2.26. The molecule has 5 heteroatoms. The van der Waals surface area contributed by atoms with Crippen molar-refractivity contribution in [3.8, 4) is 0 Å². The third-order valence-corrected chi connectivity index (χ3v) is 5.17. The highest BCUT2D eigenvalue weighted by Crippen LogP contribution is 2.30. The Bertz CT molecular complexity index is 466. The van der Waals surface area contributed by atoms with E-state index in [-0.39, 0.29) is 6.04 Å². The molecule has 0 bridgehead atoms. The summed E-state index contributed by atoms with van der Waals surface area (Å²) in [6, 6.07) is 9.48. The molecular formula is C16H24N4S. The minimum Gasteiger partial charge on any atom is -0.328 e. The van der Waals surface area contributed by atoms with Gasteiger partial charge in [0.05, 0.1) is 0 Å². The van der Waals surface area contributed by atoms with Crippen molar-refractivity contribution in [2.45, 2.75) is 44.3 Å². The Kier molecular flexibility index (Phi) is 5.27. The van der Waals surface area contributed by atoms with Gasteiger partial charge in [-0.1, -0.05) is 24.3 Å². The molecule has 1 saturated carbocycles. The summed E-state index contributed by atoms with van der Waals surface area (Å²) in [7, 11) is 0. The lowest BCUT2D eigenvalue weighted by atomic mass is 9.86. The van der Waals surface area contributed by atoms with E-state index in [1.165, 1.54) is 36.8 Å². The molecule has 0 saturated heterocycles. The van der Waals surface area contributed by atoms with Crippen molar-refractivity contribution in [1.82, 2.24) is 5.32 Å². The van der Waals surface area contributed by atoms with Gasteiger partial charge >= 0.3 is 0 Å². The van der Waals surface area contributed by atoms with Gasteiger partial charge in [0.25, 0.3) is 0 Å². The van der Waals surface area contributed by atoms with Gasteiger partial charge in [-0.3, -0.25) is 0 Å². The van der Waals surface area contributed by atoms with E-state index in [2.05, 4.69) is 39.2 Å². The zero-order valence-corrected chi connectivity index (χ0v) is 13.2. The Morgan fingerprint density at radius 1 is 1.14 bits per heavy atom. The Hall–Kier alpha value is -0.910. The summed E-state index contributed by atoms with van der Waals surface area (Å²) in [6.45, 7) is 2.06. The first-order chi connectivity index (χ1) is 10.3. The maximum atomic E-state index is 5.95. The molecule has 1 aliphatic heterocycles. The zero-order valence-electron chi connectivity index (χ0n) is 12.4. The number of hydrogen-bond donors (Lipinski definition) is 2. The molecule has 3 N–H and O–H groups in total. The van der Waals surface area contributed by atoms with E-state index in [0.29, 0.717) is 6.04 Å². The van der Waals surface area contributed by atoms with Crippen LogP contribution in [0.5, 0.6) is 0 Å². The monoisotopic (exact) mass is 304 g/mol. The van der Waals surface area contributed by atoms with Gasteiger partial charge in [0.15, 0.2) is 0 Å². The summed E-state index contributed by atoms with van der Waals surface area (Å²) in [5.74, 6) is 1.78. The molecule has 1 fully saturated rings. The molecule has 1 aromatic carbocycles. The van der Waals surface area contributed by atoms with Crippen LogP contribution in [0.25, 0.3) is 0 Å². The highest BCUT2D eigenvalue weighted by molar-refractivity contribution is 7.98. The summed E-state index contributed by atoms with van der Waals surface area (Å²) in [4.78, 5) is 0. The van der Waals surface area contributed by atoms with E-state index in [0.717, 1.165) is 24.8 Å². The van der Waals surface area contributed by atoms with E-state index in [1.54, 1.807) is 11.9 Å². The topological polar surface area (TPSA) is 62.8 Å². The number of nitrogens with zero attached hydrogens (tertiary/aromatic N) is 2. The minimum absolute atomic E-state index is 0.253. The van der Waals surface area contributed by atoms with Gasteiger partial charge < -0.3 is 11.1 Å². The number of nitrogens with one attached hydrogen (secondary N) is 1. The Labute approximate surface area is 131 Å². The van der Waals surface area contributed by atoms with Gasteiger partial charge in [-0.15, -0.1) is 4.52 Å². The van der Waals surface area contributed by atoms with Crippen molar-refractivity contribution in [2.75, 3.05) is 12.3 Å². The van der Waals surface area contributed by atoms with Crippen LogP contribution in [0, 0.1) is 5.92 Å². The highest BCUT2D eigenvalue weighted by Gasteiger charge is 2.18. The average molecular weight is 304 g/mol. The van der Waals surface area contributed by atoms with Crippen molar-refractivity contribution in [1.29, 1.82) is 0 Å². The predicted molar refractivity (Wildman–Crippen MR) is 88.1 cm³/mol. The molecule has 1 atom stereocenters. The maximum Gasteiger partial charge on any atom is 0.108 e. The Morgan fingerprint density at radius 3 is 2.57 bits per heavy atom. The largest absolute Gasteiger partial charge is 0.328 e. The van der Waals surface area contributed by atoms with Crippen LogP contribution in [-0.2, 0) is 6.54 Å². The summed E-state index contributed by atoms with van der Waals surface area (Å²) in [5.41, 5.74) is 8.56. The summed E-state index contributed by atoms with van der Waals surface area (Å²) < 4.78 is 3.99. The average Bonchev–Trinajstić information content (AvgIpc) is 3.04.